The molecule has 0 spiro atoms. The fraction of sp³-hybridized carbons (Fsp3) is 0.382. The molecule has 3 aromatic carbocycles. The van der Waals surface area contributed by atoms with Crippen molar-refractivity contribution in [2.24, 2.45) is 16.5 Å². The van der Waals surface area contributed by atoms with Gasteiger partial charge in [0.25, 0.3) is 0 Å². The molecule has 0 bridgehead atoms. The maximum atomic E-state index is 13.9. The lowest BCUT2D eigenvalue weighted by Gasteiger charge is -2.29. The zero-order valence-electron chi connectivity index (χ0n) is 24.8. The summed E-state index contributed by atoms with van der Waals surface area (Å²) in [5.41, 5.74) is 14.2. The first kappa shape index (κ1) is 31.7. The molecule has 1 unspecified atom stereocenters. The summed E-state index contributed by atoms with van der Waals surface area (Å²) >= 11 is 0. The molecule has 43 heavy (non-hydrogen) atoms. The number of hydrogen-bond donors (Lipinski definition) is 4. The smallest absolute Gasteiger partial charge is 0.239 e. The quantitative estimate of drug-likeness (QED) is 0.137. The first-order valence-corrected chi connectivity index (χ1v) is 15.0. The van der Waals surface area contributed by atoms with E-state index >= 15 is 0 Å². The van der Waals surface area contributed by atoms with Gasteiger partial charge in [-0.15, -0.1) is 0 Å². The lowest BCUT2D eigenvalue weighted by molar-refractivity contribution is -0.133. The first-order chi connectivity index (χ1) is 20.8. The molecule has 0 saturated carbocycles. The van der Waals surface area contributed by atoms with Crippen molar-refractivity contribution < 1.29 is 14.0 Å². The summed E-state index contributed by atoms with van der Waals surface area (Å²) in [6.45, 7) is 3.91. The number of nitrogens with zero attached hydrogens (tertiary/aromatic N) is 2. The minimum absolute atomic E-state index is 0.0258. The second-order valence-corrected chi connectivity index (χ2v) is 11.3. The summed E-state index contributed by atoms with van der Waals surface area (Å²) in [6.07, 6.45) is 2.20. The third kappa shape index (κ3) is 9.64. The van der Waals surface area contributed by atoms with Gasteiger partial charge in [-0.2, -0.15) is 0 Å². The number of guanidine groups is 1. The number of carbonyl (C=O) groups excluding carboxylic acids is 2. The fourth-order valence-corrected chi connectivity index (χ4v) is 5.62. The molecule has 9 heteroatoms. The molecule has 3 aromatic rings. The number of rotatable bonds is 13. The van der Waals surface area contributed by atoms with Gasteiger partial charge in [-0.3, -0.25) is 14.6 Å². The van der Waals surface area contributed by atoms with Crippen LogP contribution in [0, 0.1) is 5.82 Å². The molecule has 1 aliphatic heterocycles. The largest absolute Gasteiger partial charge is 0.370 e. The van der Waals surface area contributed by atoms with E-state index in [1.54, 1.807) is 12.1 Å². The maximum absolute atomic E-state index is 13.9. The Balaban J connectivity index is 1.44. The van der Waals surface area contributed by atoms with Gasteiger partial charge in [-0.05, 0) is 54.0 Å². The van der Waals surface area contributed by atoms with Gasteiger partial charge in [-0.1, -0.05) is 79.7 Å². The average Bonchev–Trinajstić information content (AvgIpc) is 3.16. The minimum atomic E-state index is -0.427. The molecular formula is C34H43FN6O2. The second-order valence-electron chi connectivity index (χ2n) is 11.3. The van der Waals surface area contributed by atoms with Gasteiger partial charge in [0, 0.05) is 44.6 Å². The number of amides is 2. The molecule has 0 aromatic heterocycles. The number of nitrogens with two attached hydrogens (primary N) is 2. The SMILES string of the molecule is CC(CC(=O)NC[C@@H]1CCN(CC(c2ccccc2)c2ccccc2)C(=O)[C@H](CCCN=C(N)N)N1)c1ccc(F)cc1. The predicted molar refractivity (Wildman–Crippen MR) is 169 cm³/mol. The highest BCUT2D eigenvalue weighted by molar-refractivity contribution is 5.82. The molecule has 1 saturated heterocycles. The number of halogens is 1. The zero-order chi connectivity index (χ0) is 30.6. The van der Waals surface area contributed by atoms with E-state index in [0.29, 0.717) is 51.9 Å². The highest BCUT2D eigenvalue weighted by Gasteiger charge is 2.32. The number of benzene rings is 3. The zero-order valence-corrected chi connectivity index (χ0v) is 24.8. The molecule has 6 N–H and O–H groups in total. The Morgan fingerprint density at radius 3 is 2.23 bits per heavy atom. The van der Waals surface area contributed by atoms with Gasteiger partial charge in [0.2, 0.25) is 11.8 Å². The number of hydrogen-bond acceptors (Lipinski definition) is 4. The van der Waals surface area contributed by atoms with Gasteiger partial charge in [0.15, 0.2) is 5.96 Å². The van der Waals surface area contributed by atoms with E-state index in [1.807, 2.05) is 48.2 Å². The molecule has 4 rings (SSSR count). The van der Waals surface area contributed by atoms with Crippen LogP contribution in [0.3, 0.4) is 0 Å². The van der Waals surface area contributed by atoms with Crippen LogP contribution in [0.5, 0.6) is 0 Å². The van der Waals surface area contributed by atoms with Crippen LogP contribution in [0.25, 0.3) is 0 Å². The maximum Gasteiger partial charge on any atom is 0.239 e. The molecule has 2 amide bonds. The second kappa shape index (κ2) is 15.8. The Bertz CT molecular complexity index is 1290. The average molecular weight is 587 g/mol. The van der Waals surface area contributed by atoms with E-state index in [9.17, 15) is 14.0 Å². The van der Waals surface area contributed by atoms with Gasteiger partial charge in [0.05, 0.1) is 6.04 Å². The molecule has 228 valence electrons. The summed E-state index contributed by atoms with van der Waals surface area (Å²) < 4.78 is 13.3. The van der Waals surface area contributed by atoms with Crippen LogP contribution in [0.2, 0.25) is 0 Å². The van der Waals surface area contributed by atoms with E-state index in [4.69, 9.17) is 11.5 Å². The van der Waals surface area contributed by atoms with Gasteiger partial charge in [0.1, 0.15) is 5.82 Å². The highest BCUT2D eigenvalue weighted by Crippen LogP contribution is 2.27. The third-order valence-electron chi connectivity index (χ3n) is 8.02. The van der Waals surface area contributed by atoms with E-state index in [0.717, 1.165) is 16.7 Å². The van der Waals surface area contributed by atoms with Crippen LogP contribution in [-0.2, 0) is 9.59 Å². The van der Waals surface area contributed by atoms with E-state index < -0.39 is 6.04 Å². The van der Waals surface area contributed by atoms with Crippen LogP contribution in [0.1, 0.15) is 61.1 Å². The Kier molecular flexibility index (Phi) is 11.7. The van der Waals surface area contributed by atoms with Crippen molar-refractivity contribution in [3.05, 3.63) is 107 Å². The number of carbonyl (C=O) groups is 2. The van der Waals surface area contributed by atoms with Crippen molar-refractivity contribution in [1.82, 2.24) is 15.5 Å². The van der Waals surface area contributed by atoms with Crippen molar-refractivity contribution in [3.63, 3.8) is 0 Å². The summed E-state index contributed by atoms with van der Waals surface area (Å²) in [5.74, 6) is -0.321. The molecule has 8 nitrogen and oxygen atoms in total. The number of nitrogens with one attached hydrogen (secondary N) is 2. The Labute approximate surface area is 253 Å². The molecule has 1 fully saturated rings. The third-order valence-corrected chi connectivity index (χ3v) is 8.02. The van der Waals surface area contributed by atoms with Crippen LogP contribution >= 0.6 is 0 Å². The molecule has 1 heterocycles. The van der Waals surface area contributed by atoms with Gasteiger partial charge >= 0.3 is 0 Å². The van der Waals surface area contributed by atoms with Crippen LogP contribution in [-0.4, -0.2) is 60.9 Å². The Morgan fingerprint density at radius 2 is 1.63 bits per heavy atom. The van der Waals surface area contributed by atoms with Crippen molar-refractivity contribution in [2.75, 3.05) is 26.2 Å². The van der Waals surface area contributed by atoms with Gasteiger partial charge < -0.3 is 27.0 Å². The number of aliphatic imine (C=N–C) groups is 1. The van der Waals surface area contributed by atoms with Crippen LogP contribution in [0.4, 0.5) is 4.39 Å². The minimum Gasteiger partial charge on any atom is -0.370 e. The molecular weight excluding hydrogens is 543 g/mol. The van der Waals surface area contributed by atoms with Gasteiger partial charge in [-0.25, -0.2) is 4.39 Å². The summed E-state index contributed by atoms with van der Waals surface area (Å²) in [6, 6.07) is 26.3. The predicted octanol–water partition coefficient (Wildman–Crippen LogP) is 3.88. The van der Waals surface area contributed by atoms with Crippen molar-refractivity contribution in [3.8, 4) is 0 Å². The normalized spacial score (nSPS) is 17.7. The Hall–Kier alpha value is -4.24. The molecule has 0 aliphatic carbocycles. The Morgan fingerprint density at radius 1 is 1.00 bits per heavy atom. The van der Waals surface area contributed by atoms with Crippen molar-refractivity contribution in [1.29, 1.82) is 0 Å². The molecule has 1 aliphatic rings. The topological polar surface area (TPSA) is 126 Å². The standard InChI is InChI=1S/C34H43FN6O2/c1-24(25-14-16-28(35)17-15-25)21-32(42)39-22-29-18-20-41(33(43)31(40-29)13-8-19-38-34(36)37)23-30(26-9-4-2-5-10-26)27-11-6-3-7-12-27/h2-7,9-12,14-17,24,29-31,40H,8,13,18-23H2,1H3,(H,39,42)(H4,36,37,38)/t24?,29-,31-/m0/s1. The lowest BCUT2D eigenvalue weighted by Crippen LogP contribution is -2.49. The van der Waals surface area contributed by atoms with E-state index in [1.165, 1.54) is 12.1 Å². The first-order valence-electron chi connectivity index (χ1n) is 15.0. The monoisotopic (exact) mass is 586 g/mol. The lowest BCUT2D eigenvalue weighted by atomic mass is 9.90. The molecule has 3 atom stereocenters. The summed E-state index contributed by atoms with van der Waals surface area (Å²) in [5, 5.41) is 6.58. The summed E-state index contributed by atoms with van der Waals surface area (Å²) in [7, 11) is 0. The van der Waals surface area contributed by atoms with Crippen molar-refractivity contribution in [2.45, 2.75) is 56.5 Å². The van der Waals surface area contributed by atoms with E-state index in [-0.39, 0.29) is 41.5 Å². The van der Waals surface area contributed by atoms with Crippen LogP contribution in [0.15, 0.2) is 89.9 Å². The highest BCUT2D eigenvalue weighted by atomic mass is 19.1. The van der Waals surface area contributed by atoms with Crippen LogP contribution < -0.4 is 22.1 Å². The van der Waals surface area contributed by atoms with Crippen molar-refractivity contribution >= 4 is 17.8 Å². The fourth-order valence-electron chi connectivity index (χ4n) is 5.62. The van der Waals surface area contributed by atoms with E-state index in [2.05, 4.69) is 39.9 Å². The summed E-state index contributed by atoms with van der Waals surface area (Å²) in [4.78, 5) is 32.8. The molecule has 0 radical (unpaired) electrons.